The number of hydrogen-bond donors (Lipinski definition) is 0. The van der Waals surface area contributed by atoms with Crippen molar-refractivity contribution in [3.8, 4) is 17.2 Å². The molecule has 4 rings (SSSR count). The van der Waals surface area contributed by atoms with E-state index in [0.717, 1.165) is 12.1 Å². The predicted molar refractivity (Wildman–Crippen MR) is 127 cm³/mol. The number of benzene rings is 2. The minimum Gasteiger partial charge on any atom is -0.490 e. The Morgan fingerprint density at radius 2 is 1.46 bits per heavy atom. The summed E-state index contributed by atoms with van der Waals surface area (Å²) in [6.07, 6.45) is -3.64. The lowest BCUT2D eigenvalue weighted by molar-refractivity contribution is -0.146. The number of esters is 1. The largest absolute Gasteiger partial charge is 0.490 e. The van der Waals surface area contributed by atoms with E-state index in [-0.39, 0.29) is 51.0 Å². The summed E-state index contributed by atoms with van der Waals surface area (Å²) in [7, 11) is -2.77. The van der Waals surface area contributed by atoms with Crippen molar-refractivity contribution >= 4 is 16.0 Å². The molecule has 37 heavy (non-hydrogen) atoms. The second-order valence-corrected chi connectivity index (χ2v) is 11.2. The Morgan fingerprint density at radius 3 is 1.97 bits per heavy atom. The molecule has 0 spiro atoms. The van der Waals surface area contributed by atoms with Gasteiger partial charge in [0.15, 0.2) is 4.75 Å². The number of nitrogens with zero attached hydrogens (tertiary/aromatic N) is 1. The summed E-state index contributed by atoms with van der Waals surface area (Å²) in [6, 6.07) is 11.0. The van der Waals surface area contributed by atoms with E-state index >= 15 is 0 Å². The maximum atomic E-state index is 13.4. The van der Waals surface area contributed by atoms with E-state index in [9.17, 15) is 26.4 Å². The highest BCUT2D eigenvalue weighted by molar-refractivity contribution is 7.91. The van der Waals surface area contributed by atoms with Crippen LogP contribution in [0.5, 0.6) is 17.2 Å². The number of carbonyl (C=O) groups excluding carboxylic acids is 1. The number of carbonyl (C=O) groups is 1. The molecule has 0 atom stereocenters. The molecule has 0 bridgehead atoms. The average Bonchev–Trinajstić information content (AvgIpc) is 2.90. The standard InChI is InChI=1S/C25H28F3NO7S/c1-33-23(30)24(12-16-34-17-13-24)37(31,32)29-14-10-22(11-15-29)36-21-8-6-20(7-9-21)35-19-4-2-18(3-5-19)25(26,27)28/h2-9,22H,10-17H2,1H3. The van der Waals surface area contributed by atoms with Crippen LogP contribution in [0.1, 0.15) is 31.2 Å². The normalized spacial score (nSPS) is 19.2. The molecule has 0 N–H and O–H groups in total. The Hall–Kier alpha value is -2.83. The first-order valence-corrected chi connectivity index (χ1v) is 13.3. The number of halogens is 3. The molecule has 2 saturated heterocycles. The molecule has 2 fully saturated rings. The minimum atomic E-state index is -4.41. The number of sulfonamides is 1. The zero-order chi connectivity index (χ0) is 26.7. The molecule has 202 valence electrons. The van der Waals surface area contributed by atoms with Crippen LogP contribution in [0.15, 0.2) is 48.5 Å². The molecular weight excluding hydrogens is 515 g/mol. The lowest BCUT2D eigenvalue weighted by atomic mass is 9.99. The summed E-state index contributed by atoms with van der Waals surface area (Å²) in [5, 5.41) is 0. The molecule has 0 radical (unpaired) electrons. The van der Waals surface area contributed by atoms with Gasteiger partial charge in [-0.25, -0.2) is 12.7 Å². The van der Waals surface area contributed by atoms with Crippen LogP contribution in [0.2, 0.25) is 0 Å². The van der Waals surface area contributed by atoms with Crippen LogP contribution in [0, 0.1) is 0 Å². The monoisotopic (exact) mass is 543 g/mol. The fourth-order valence-corrected chi connectivity index (χ4v) is 6.68. The minimum absolute atomic E-state index is 0.0549. The van der Waals surface area contributed by atoms with Crippen LogP contribution in [0.25, 0.3) is 0 Å². The van der Waals surface area contributed by atoms with Gasteiger partial charge in [0.1, 0.15) is 23.4 Å². The van der Waals surface area contributed by atoms with Gasteiger partial charge in [0.05, 0.1) is 12.7 Å². The van der Waals surface area contributed by atoms with Gasteiger partial charge >= 0.3 is 12.1 Å². The van der Waals surface area contributed by atoms with Crippen LogP contribution in [0.3, 0.4) is 0 Å². The zero-order valence-electron chi connectivity index (χ0n) is 20.2. The molecule has 0 aliphatic carbocycles. The smallest absolute Gasteiger partial charge is 0.416 e. The molecule has 2 aromatic rings. The van der Waals surface area contributed by atoms with Gasteiger partial charge in [0.2, 0.25) is 10.0 Å². The van der Waals surface area contributed by atoms with Gasteiger partial charge in [-0.1, -0.05) is 0 Å². The lowest BCUT2D eigenvalue weighted by Gasteiger charge is -2.40. The number of hydrogen-bond acceptors (Lipinski definition) is 7. The Morgan fingerprint density at radius 1 is 0.946 bits per heavy atom. The summed E-state index contributed by atoms with van der Waals surface area (Å²) in [6.45, 7) is 0.766. The topological polar surface area (TPSA) is 91.4 Å². The van der Waals surface area contributed by atoms with Gasteiger partial charge in [-0.3, -0.25) is 4.79 Å². The van der Waals surface area contributed by atoms with E-state index < -0.39 is 32.5 Å². The summed E-state index contributed by atoms with van der Waals surface area (Å²) < 4.78 is 86.4. The maximum absolute atomic E-state index is 13.4. The summed E-state index contributed by atoms with van der Waals surface area (Å²) in [5.41, 5.74) is -0.754. The second kappa shape index (κ2) is 10.9. The second-order valence-electron chi connectivity index (χ2n) is 8.92. The molecule has 0 amide bonds. The maximum Gasteiger partial charge on any atom is 0.416 e. The Labute approximate surface area is 213 Å². The van der Waals surface area contributed by atoms with E-state index in [0.29, 0.717) is 24.3 Å². The molecular formula is C25H28F3NO7S. The van der Waals surface area contributed by atoms with Gasteiger partial charge in [-0.2, -0.15) is 13.2 Å². The molecule has 0 aromatic heterocycles. The Bertz CT molecular complexity index is 1170. The molecule has 2 heterocycles. The van der Waals surface area contributed by atoms with Crippen molar-refractivity contribution in [3.63, 3.8) is 0 Å². The van der Waals surface area contributed by atoms with Gasteiger partial charge < -0.3 is 18.9 Å². The van der Waals surface area contributed by atoms with Crippen molar-refractivity contribution in [2.75, 3.05) is 33.4 Å². The number of ether oxygens (including phenoxy) is 4. The van der Waals surface area contributed by atoms with E-state index in [4.69, 9.17) is 18.9 Å². The SMILES string of the molecule is COC(=O)C1(S(=O)(=O)N2CCC(Oc3ccc(Oc4ccc(C(F)(F)F)cc4)cc3)CC2)CCOCC1. The molecule has 12 heteroatoms. The summed E-state index contributed by atoms with van der Waals surface area (Å²) in [5.74, 6) is 0.492. The van der Waals surface area contributed by atoms with Crippen molar-refractivity contribution in [2.45, 2.75) is 42.7 Å². The molecule has 0 unspecified atom stereocenters. The summed E-state index contributed by atoms with van der Waals surface area (Å²) >= 11 is 0. The van der Waals surface area contributed by atoms with Gasteiger partial charge in [0.25, 0.3) is 0 Å². The third kappa shape index (κ3) is 5.86. The highest BCUT2D eigenvalue weighted by atomic mass is 32.2. The number of piperidine rings is 1. The van der Waals surface area contributed by atoms with Crippen molar-refractivity contribution < 1.29 is 45.3 Å². The van der Waals surface area contributed by atoms with E-state index in [1.807, 2.05) is 0 Å². The first-order valence-electron chi connectivity index (χ1n) is 11.8. The van der Waals surface area contributed by atoms with Crippen molar-refractivity contribution in [3.05, 3.63) is 54.1 Å². The number of methoxy groups -OCH3 is 1. The number of rotatable bonds is 7. The third-order valence-electron chi connectivity index (χ3n) is 6.64. The van der Waals surface area contributed by atoms with Crippen molar-refractivity contribution in [2.24, 2.45) is 0 Å². The van der Waals surface area contributed by atoms with Crippen LogP contribution in [0.4, 0.5) is 13.2 Å². The highest BCUT2D eigenvalue weighted by Crippen LogP contribution is 2.36. The zero-order valence-corrected chi connectivity index (χ0v) is 21.0. The van der Waals surface area contributed by atoms with Crippen molar-refractivity contribution in [1.29, 1.82) is 0 Å². The van der Waals surface area contributed by atoms with E-state index in [1.54, 1.807) is 24.3 Å². The fourth-order valence-electron chi connectivity index (χ4n) is 4.52. The molecule has 2 aromatic carbocycles. The first-order chi connectivity index (χ1) is 17.5. The Kier molecular flexibility index (Phi) is 8.00. The fraction of sp³-hybridized carbons (Fsp3) is 0.480. The van der Waals surface area contributed by atoms with Gasteiger partial charge in [0, 0.05) is 39.1 Å². The quantitative estimate of drug-likeness (QED) is 0.479. The molecule has 8 nitrogen and oxygen atoms in total. The molecule has 2 aliphatic heterocycles. The van der Waals surface area contributed by atoms with Crippen molar-refractivity contribution in [1.82, 2.24) is 4.31 Å². The highest BCUT2D eigenvalue weighted by Gasteiger charge is 2.55. The van der Waals surface area contributed by atoms with E-state index in [1.165, 1.54) is 23.5 Å². The van der Waals surface area contributed by atoms with Crippen LogP contribution < -0.4 is 9.47 Å². The van der Waals surface area contributed by atoms with Crippen LogP contribution in [-0.4, -0.2) is 63.0 Å². The van der Waals surface area contributed by atoms with Gasteiger partial charge in [-0.15, -0.1) is 0 Å². The van der Waals surface area contributed by atoms with Crippen LogP contribution >= 0.6 is 0 Å². The summed E-state index contributed by atoms with van der Waals surface area (Å²) in [4.78, 5) is 12.5. The Balaban J connectivity index is 1.33. The van der Waals surface area contributed by atoms with Crippen LogP contribution in [-0.2, 0) is 30.5 Å². The predicted octanol–water partition coefficient (Wildman–Crippen LogP) is 4.39. The first kappa shape index (κ1) is 27.2. The third-order valence-corrected chi connectivity index (χ3v) is 9.24. The molecule has 2 aliphatic rings. The molecule has 0 saturated carbocycles. The number of alkyl halides is 3. The van der Waals surface area contributed by atoms with E-state index in [2.05, 4.69) is 0 Å². The average molecular weight is 544 g/mol. The van der Waals surface area contributed by atoms with Gasteiger partial charge in [-0.05, 0) is 61.4 Å². The lowest BCUT2D eigenvalue weighted by Crippen LogP contribution is -2.58.